The number of ether oxygens (including phenoxy) is 1. The molecule has 184 valence electrons. The van der Waals surface area contributed by atoms with Crippen LogP contribution in [0.4, 0.5) is 4.79 Å². The summed E-state index contributed by atoms with van der Waals surface area (Å²) >= 11 is 0. The van der Waals surface area contributed by atoms with Gasteiger partial charge in [-0.25, -0.2) is 4.79 Å². The Labute approximate surface area is 203 Å². The Balaban J connectivity index is 1.10. The number of fused-ring (bicyclic) bond motifs is 4. The summed E-state index contributed by atoms with van der Waals surface area (Å²) in [5, 5.41) is 24.0. The van der Waals surface area contributed by atoms with Gasteiger partial charge in [-0.15, -0.1) is 0 Å². The molecule has 0 radical (unpaired) electrons. The van der Waals surface area contributed by atoms with Gasteiger partial charge in [0.05, 0.1) is 12.5 Å². The smallest absolute Gasteiger partial charge is 0.407 e. The Morgan fingerprint density at radius 3 is 2.29 bits per heavy atom. The predicted molar refractivity (Wildman–Crippen MR) is 128 cm³/mol. The number of amides is 2. The SMILES string of the molecule is O=C(O)CC(O)CNC(=O)C1C[C@@H]2C[C@H](NC(=O)OCC3c4ccccc4-c4ccccc43)[C@@H]2C1. The standard InChI is InChI=1S/C27H30N2O6/c30-17(12-25(31)32)13-28-26(33)16-9-15-11-24(22(15)10-16)29-27(34)35-14-23-20-7-3-1-5-18(20)19-6-2-4-8-21(19)23/h1-8,15-17,22-24,30H,9-14H2,(H,28,33)(H,29,34)(H,31,32)/t15-,16?,17?,22-,24+/m1/s1. The summed E-state index contributed by atoms with van der Waals surface area (Å²) in [6.07, 6.45) is 0.300. The maximum atomic E-state index is 12.6. The van der Waals surface area contributed by atoms with Gasteiger partial charge < -0.3 is 25.6 Å². The third kappa shape index (κ3) is 4.75. The molecule has 0 aromatic heterocycles. The molecule has 0 bridgehead atoms. The second kappa shape index (κ2) is 9.70. The number of hydrogen-bond acceptors (Lipinski definition) is 5. The number of alkyl carbamates (subject to hydrolysis) is 1. The zero-order valence-corrected chi connectivity index (χ0v) is 19.4. The first-order valence-corrected chi connectivity index (χ1v) is 12.2. The van der Waals surface area contributed by atoms with Crippen molar-refractivity contribution in [3.63, 3.8) is 0 Å². The highest BCUT2D eigenvalue weighted by Gasteiger charge is 2.50. The number of aliphatic hydroxyl groups is 1. The minimum atomic E-state index is -1.10. The molecule has 3 aliphatic carbocycles. The quantitative estimate of drug-likeness (QED) is 0.462. The average molecular weight is 479 g/mol. The normalized spacial score (nSPS) is 24.9. The van der Waals surface area contributed by atoms with Crippen LogP contribution in [0.3, 0.4) is 0 Å². The van der Waals surface area contributed by atoms with Crippen molar-refractivity contribution in [2.24, 2.45) is 17.8 Å². The highest BCUT2D eigenvalue weighted by atomic mass is 16.5. The van der Waals surface area contributed by atoms with Gasteiger partial charge in [-0.2, -0.15) is 0 Å². The van der Waals surface area contributed by atoms with Crippen molar-refractivity contribution in [1.82, 2.24) is 10.6 Å². The highest BCUT2D eigenvalue weighted by Crippen LogP contribution is 2.50. The highest BCUT2D eigenvalue weighted by molar-refractivity contribution is 5.80. The number of nitrogens with one attached hydrogen (secondary N) is 2. The number of aliphatic hydroxyl groups excluding tert-OH is 1. The molecule has 35 heavy (non-hydrogen) atoms. The first-order valence-electron chi connectivity index (χ1n) is 12.2. The molecule has 5 atom stereocenters. The van der Waals surface area contributed by atoms with Gasteiger partial charge in [0, 0.05) is 24.4 Å². The lowest BCUT2D eigenvalue weighted by molar-refractivity contribution is -0.139. The van der Waals surface area contributed by atoms with Gasteiger partial charge in [-0.3, -0.25) is 9.59 Å². The lowest BCUT2D eigenvalue weighted by Crippen LogP contribution is -2.50. The Kier molecular flexibility index (Phi) is 6.47. The topological polar surface area (TPSA) is 125 Å². The van der Waals surface area contributed by atoms with Crippen molar-refractivity contribution >= 4 is 18.0 Å². The molecule has 2 fully saturated rings. The van der Waals surface area contributed by atoms with Crippen molar-refractivity contribution in [3.05, 3.63) is 59.7 Å². The summed E-state index contributed by atoms with van der Waals surface area (Å²) in [5.41, 5.74) is 4.71. The number of carboxylic acids is 1. The van der Waals surface area contributed by atoms with E-state index in [0.29, 0.717) is 12.3 Å². The molecular formula is C27H30N2O6. The molecule has 3 aliphatic rings. The van der Waals surface area contributed by atoms with Crippen LogP contribution in [0.5, 0.6) is 0 Å². The second-order valence-electron chi connectivity index (χ2n) is 9.90. The number of benzene rings is 2. The number of aliphatic carboxylic acids is 1. The minimum Gasteiger partial charge on any atom is -0.481 e. The van der Waals surface area contributed by atoms with Crippen molar-refractivity contribution in [1.29, 1.82) is 0 Å². The fourth-order valence-electron chi connectivity index (χ4n) is 6.03. The van der Waals surface area contributed by atoms with E-state index < -0.39 is 24.6 Å². The van der Waals surface area contributed by atoms with Gasteiger partial charge in [0.25, 0.3) is 0 Å². The van der Waals surface area contributed by atoms with Gasteiger partial charge >= 0.3 is 12.1 Å². The zero-order valence-electron chi connectivity index (χ0n) is 19.4. The summed E-state index contributed by atoms with van der Waals surface area (Å²) in [6.45, 7) is 0.197. The molecule has 2 amide bonds. The van der Waals surface area contributed by atoms with E-state index in [1.165, 1.54) is 22.3 Å². The summed E-state index contributed by atoms with van der Waals surface area (Å²) < 4.78 is 5.66. The van der Waals surface area contributed by atoms with Crippen LogP contribution >= 0.6 is 0 Å². The van der Waals surface area contributed by atoms with Crippen molar-refractivity contribution in [3.8, 4) is 11.1 Å². The fourth-order valence-corrected chi connectivity index (χ4v) is 6.03. The molecule has 5 rings (SSSR count). The van der Waals surface area contributed by atoms with Gasteiger partial charge in [-0.05, 0) is 53.4 Å². The molecule has 2 unspecified atom stereocenters. The van der Waals surface area contributed by atoms with Crippen LogP contribution in [-0.2, 0) is 14.3 Å². The van der Waals surface area contributed by atoms with Crippen molar-refractivity contribution in [2.45, 2.75) is 43.7 Å². The van der Waals surface area contributed by atoms with E-state index >= 15 is 0 Å². The van der Waals surface area contributed by atoms with Gasteiger partial charge in [0.1, 0.15) is 6.61 Å². The fraction of sp³-hybridized carbons (Fsp3) is 0.444. The van der Waals surface area contributed by atoms with E-state index in [4.69, 9.17) is 9.84 Å². The van der Waals surface area contributed by atoms with Gasteiger partial charge in [0.2, 0.25) is 5.91 Å². The molecule has 0 heterocycles. The summed E-state index contributed by atoms with van der Waals surface area (Å²) in [5.74, 6) is -0.824. The lowest BCUT2D eigenvalue weighted by Gasteiger charge is -2.40. The monoisotopic (exact) mass is 478 g/mol. The lowest BCUT2D eigenvalue weighted by atomic mass is 9.71. The van der Waals surface area contributed by atoms with E-state index in [9.17, 15) is 19.5 Å². The molecular weight excluding hydrogens is 448 g/mol. The van der Waals surface area contributed by atoms with E-state index in [2.05, 4.69) is 34.9 Å². The van der Waals surface area contributed by atoms with Crippen LogP contribution in [0.1, 0.15) is 42.7 Å². The van der Waals surface area contributed by atoms with E-state index in [1.54, 1.807) is 0 Å². The minimum absolute atomic E-state index is 0.00829. The van der Waals surface area contributed by atoms with Crippen LogP contribution < -0.4 is 10.6 Å². The van der Waals surface area contributed by atoms with Crippen LogP contribution in [0.25, 0.3) is 11.1 Å². The Morgan fingerprint density at radius 1 is 0.971 bits per heavy atom. The second-order valence-corrected chi connectivity index (χ2v) is 9.90. The van der Waals surface area contributed by atoms with Crippen molar-refractivity contribution < 1.29 is 29.3 Å². The number of rotatable bonds is 8. The number of carbonyl (C=O) groups excluding carboxylic acids is 2. The van der Waals surface area contributed by atoms with E-state index in [0.717, 1.165) is 12.8 Å². The zero-order chi connectivity index (χ0) is 24.5. The molecule has 2 aromatic carbocycles. The predicted octanol–water partition coefficient (Wildman–Crippen LogP) is 2.89. The molecule has 8 heteroatoms. The molecule has 0 spiro atoms. The Morgan fingerprint density at radius 2 is 1.63 bits per heavy atom. The third-order valence-electron chi connectivity index (χ3n) is 7.76. The maximum absolute atomic E-state index is 12.6. The number of carbonyl (C=O) groups is 3. The first-order chi connectivity index (χ1) is 16.9. The van der Waals surface area contributed by atoms with Crippen LogP contribution in [-0.4, -0.2) is 53.5 Å². The molecule has 0 aliphatic heterocycles. The van der Waals surface area contributed by atoms with E-state index in [-0.39, 0.29) is 42.9 Å². The molecule has 0 saturated heterocycles. The van der Waals surface area contributed by atoms with Crippen LogP contribution in [0, 0.1) is 17.8 Å². The Bertz CT molecular complexity index is 1090. The third-order valence-corrected chi connectivity index (χ3v) is 7.76. The van der Waals surface area contributed by atoms with Gasteiger partial charge in [0.15, 0.2) is 0 Å². The largest absolute Gasteiger partial charge is 0.481 e. The molecule has 2 aromatic rings. The maximum Gasteiger partial charge on any atom is 0.407 e. The number of hydrogen-bond donors (Lipinski definition) is 4. The summed E-state index contributed by atoms with van der Waals surface area (Å²) in [7, 11) is 0. The van der Waals surface area contributed by atoms with Gasteiger partial charge in [-0.1, -0.05) is 48.5 Å². The van der Waals surface area contributed by atoms with Crippen LogP contribution in [0.2, 0.25) is 0 Å². The number of carboxylic acid groups (broad SMARTS) is 1. The first kappa shape index (κ1) is 23.4. The molecule has 2 saturated carbocycles. The summed E-state index contributed by atoms with van der Waals surface area (Å²) in [6, 6.07) is 16.4. The molecule has 4 N–H and O–H groups in total. The van der Waals surface area contributed by atoms with E-state index in [1.807, 2.05) is 24.3 Å². The summed E-state index contributed by atoms with van der Waals surface area (Å²) in [4.78, 5) is 35.7. The average Bonchev–Trinajstić information content (AvgIpc) is 3.34. The van der Waals surface area contributed by atoms with Crippen molar-refractivity contribution in [2.75, 3.05) is 13.2 Å². The molecule has 8 nitrogen and oxygen atoms in total. The Hall–Kier alpha value is -3.39. The van der Waals surface area contributed by atoms with Crippen LogP contribution in [0.15, 0.2) is 48.5 Å².